The monoisotopic (exact) mass is 466 g/mol. The van der Waals surface area contributed by atoms with E-state index in [0.717, 1.165) is 35.7 Å². The summed E-state index contributed by atoms with van der Waals surface area (Å²) in [4.78, 5) is 19.9. The molecule has 162 valence electrons. The molecule has 1 saturated heterocycles. The van der Waals surface area contributed by atoms with Gasteiger partial charge in [0.1, 0.15) is 12.4 Å². The molecule has 0 bridgehead atoms. The van der Waals surface area contributed by atoms with Crippen LogP contribution in [0.1, 0.15) is 17.3 Å². The van der Waals surface area contributed by atoms with E-state index in [1.54, 1.807) is 11.8 Å². The van der Waals surface area contributed by atoms with Gasteiger partial charge in [-0.25, -0.2) is 4.98 Å². The van der Waals surface area contributed by atoms with Crippen molar-refractivity contribution in [1.82, 2.24) is 14.5 Å². The Morgan fingerprint density at radius 1 is 1.10 bits per heavy atom. The van der Waals surface area contributed by atoms with Crippen LogP contribution in [0.25, 0.3) is 11.0 Å². The minimum absolute atomic E-state index is 0. The van der Waals surface area contributed by atoms with Gasteiger partial charge >= 0.3 is 0 Å². The van der Waals surface area contributed by atoms with Crippen LogP contribution in [0.4, 0.5) is 0 Å². The number of aromatic nitrogens is 2. The maximum atomic E-state index is 13.2. The molecule has 1 aromatic heterocycles. The van der Waals surface area contributed by atoms with Gasteiger partial charge in [-0.3, -0.25) is 4.79 Å². The topological polar surface area (TPSA) is 64.2 Å². The summed E-state index contributed by atoms with van der Waals surface area (Å²) in [7, 11) is 0. The van der Waals surface area contributed by atoms with Crippen molar-refractivity contribution < 1.29 is 4.79 Å². The fraction of sp³-hybridized carbons (Fsp3) is 0.364. The zero-order chi connectivity index (χ0) is 19.5. The molecule has 2 N–H and O–H groups in total. The number of thioether (sulfide) groups is 1. The lowest BCUT2D eigenvalue weighted by Crippen LogP contribution is -2.33. The Morgan fingerprint density at radius 2 is 1.80 bits per heavy atom. The zero-order valence-electron chi connectivity index (χ0n) is 16.9. The van der Waals surface area contributed by atoms with Crippen molar-refractivity contribution in [2.24, 2.45) is 11.7 Å². The number of amides is 1. The number of nitrogens with zero attached hydrogens (tertiary/aromatic N) is 3. The largest absolute Gasteiger partial charge is 0.340 e. The summed E-state index contributed by atoms with van der Waals surface area (Å²) in [6.07, 6.45) is 2.06. The van der Waals surface area contributed by atoms with Crippen molar-refractivity contribution in [3.8, 4) is 0 Å². The number of nitrogens with two attached hydrogens (primary N) is 1. The number of halogens is 2. The number of likely N-dealkylation sites (tertiary alicyclic amines) is 1. The molecule has 4 rings (SSSR count). The molecule has 1 aliphatic heterocycles. The first-order valence-corrected chi connectivity index (χ1v) is 11.1. The van der Waals surface area contributed by atoms with Crippen molar-refractivity contribution in [3.63, 3.8) is 0 Å². The number of carbonyl (C=O) groups is 1. The Morgan fingerprint density at radius 3 is 2.50 bits per heavy atom. The van der Waals surface area contributed by atoms with Crippen LogP contribution in [0.15, 0.2) is 54.6 Å². The van der Waals surface area contributed by atoms with Gasteiger partial charge in [0, 0.05) is 19.0 Å². The standard InChI is InChI=1S/C22H26N4OS.2ClH/c1-28-15-21-24-19-9-5-6-10-20(19)26(21)14-22(27)25-12-17(11-23)18(13-25)16-7-3-2-4-8-16;;/h2-10,17-18H,11-15,23H2,1H3;2*1H/t17-,18+;;/m1../s1. The molecule has 0 aliphatic carbocycles. The van der Waals surface area contributed by atoms with E-state index >= 15 is 0 Å². The van der Waals surface area contributed by atoms with Crippen LogP contribution < -0.4 is 5.73 Å². The first-order chi connectivity index (χ1) is 13.7. The van der Waals surface area contributed by atoms with Crippen molar-refractivity contribution in [2.75, 3.05) is 25.9 Å². The highest BCUT2D eigenvalue weighted by Gasteiger charge is 2.35. The van der Waals surface area contributed by atoms with Gasteiger partial charge in [0.05, 0.1) is 16.8 Å². The molecule has 1 amide bonds. The van der Waals surface area contributed by atoms with Gasteiger partial charge in [-0.2, -0.15) is 11.8 Å². The molecule has 5 nitrogen and oxygen atoms in total. The van der Waals surface area contributed by atoms with Crippen LogP contribution in [0.5, 0.6) is 0 Å². The number of hydrogen-bond acceptors (Lipinski definition) is 4. The van der Waals surface area contributed by atoms with Gasteiger partial charge in [0.25, 0.3) is 0 Å². The van der Waals surface area contributed by atoms with Crippen LogP contribution in [0, 0.1) is 5.92 Å². The van der Waals surface area contributed by atoms with Crippen molar-refractivity contribution >= 4 is 53.5 Å². The summed E-state index contributed by atoms with van der Waals surface area (Å²) in [5.41, 5.74) is 9.28. The lowest BCUT2D eigenvalue weighted by molar-refractivity contribution is -0.130. The normalized spacial score (nSPS) is 18.1. The van der Waals surface area contributed by atoms with Gasteiger partial charge in [-0.05, 0) is 36.4 Å². The highest BCUT2D eigenvalue weighted by Crippen LogP contribution is 2.32. The highest BCUT2D eigenvalue weighted by molar-refractivity contribution is 7.97. The lowest BCUT2D eigenvalue weighted by atomic mass is 9.89. The maximum absolute atomic E-state index is 13.2. The fourth-order valence-corrected chi connectivity index (χ4v) is 4.65. The van der Waals surface area contributed by atoms with Crippen molar-refractivity contribution in [3.05, 3.63) is 66.0 Å². The van der Waals surface area contributed by atoms with Crippen LogP contribution in [-0.4, -0.2) is 46.2 Å². The lowest BCUT2D eigenvalue weighted by Gasteiger charge is -2.18. The smallest absolute Gasteiger partial charge is 0.242 e. The van der Waals surface area contributed by atoms with E-state index in [0.29, 0.717) is 24.9 Å². The number of para-hydroxylation sites is 2. The van der Waals surface area contributed by atoms with Crippen molar-refractivity contribution in [1.29, 1.82) is 0 Å². The predicted molar refractivity (Wildman–Crippen MR) is 130 cm³/mol. The van der Waals surface area contributed by atoms with Crippen LogP contribution in [0.3, 0.4) is 0 Å². The summed E-state index contributed by atoms with van der Waals surface area (Å²) in [6.45, 7) is 2.37. The molecule has 0 spiro atoms. The summed E-state index contributed by atoms with van der Waals surface area (Å²) in [5, 5.41) is 0. The second kappa shape index (κ2) is 11.0. The summed E-state index contributed by atoms with van der Waals surface area (Å²) in [5.74, 6) is 2.50. The summed E-state index contributed by atoms with van der Waals surface area (Å²) >= 11 is 1.72. The van der Waals surface area contributed by atoms with Gasteiger partial charge < -0.3 is 15.2 Å². The van der Waals surface area contributed by atoms with E-state index in [4.69, 9.17) is 10.7 Å². The third-order valence-electron chi connectivity index (χ3n) is 5.62. The van der Waals surface area contributed by atoms with E-state index in [-0.39, 0.29) is 30.7 Å². The van der Waals surface area contributed by atoms with Crippen LogP contribution in [0.2, 0.25) is 0 Å². The van der Waals surface area contributed by atoms with Gasteiger partial charge in [0.2, 0.25) is 5.91 Å². The number of hydrogen-bond donors (Lipinski definition) is 1. The molecular weight excluding hydrogens is 439 g/mol. The predicted octanol–water partition coefficient (Wildman–Crippen LogP) is 3.94. The Balaban J connectivity index is 0.00000160. The SMILES string of the molecule is CSCc1nc2ccccc2n1CC(=O)N1C[C@@H](CN)[C@H](c2ccccc2)C1.Cl.Cl. The molecule has 2 aromatic carbocycles. The average molecular weight is 467 g/mol. The number of fused-ring (bicyclic) bond motifs is 1. The molecule has 2 heterocycles. The van der Waals surface area contributed by atoms with Crippen LogP contribution in [-0.2, 0) is 17.1 Å². The molecule has 8 heteroatoms. The average Bonchev–Trinajstić information content (AvgIpc) is 3.31. The Hall–Kier alpha value is -1.73. The second-order valence-corrected chi connectivity index (χ2v) is 8.21. The molecule has 0 radical (unpaired) electrons. The number of benzene rings is 2. The molecular formula is C22H28Cl2N4OS. The van der Waals surface area contributed by atoms with Crippen molar-refractivity contribution in [2.45, 2.75) is 18.2 Å². The first-order valence-electron chi connectivity index (χ1n) is 9.67. The summed E-state index contributed by atoms with van der Waals surface area (Å²) in [6, 6.07) is 18.4. The maximum Gasteiger partial charge on any atom is 0.242 e. The minimum atomic E-state index is 0. The fourth-order valence-electron chi connectivity index (χ4n) is 4.17. The zero-order valence-corrected chi connectivity index (χ0v) is 19.4. The van der Waals surface area contributed by atoms with Gasteiger partial charge in [0.15, 0.2) is 0 Å². The van der Waals surface area contributed by atoms with E-state index in [2.05, 4.69) is 35.1 Å². The Kier molecular flexibility index (Phi) is 9.04. The summed E-state index contributed by atoms with van der Waals surface area (Å²) < 4.78 is 2.07. The molecule has 0 unspecified atom stereocenters. The molecule has 1 fully saturated rings. The molecule has 1 aliphatic rings. The number of imidazole rings is 1. The van der Waals surface area contributed by atoms with Gasteiger partial charge in [-0.15, -0.1) is 24.8 Å². The third-order valence-corrected chi connectivity index (χ3v) is 6.17. The second-order valence-electron chi connectivity index (χ2n) is 7.35. The number of rotatable bonds is 6. The highest BCUT2D eigenvalue weighted by atomic mass is 35.5. The Labute approximate surface area is 194 Å². The molecule has 30 heavy (non-hydrogen) atoms. The number of carbonyl (C=O) groups excluding carboxylic acids is 1. The molecule has 3 aromatic rings. The van der Waals surface area contributed by atoms with Crippen LogP contribution >= 0.6 is 36.6 Å². The minimum Gasteiger partial charge on any atom is -0.340 e. The molecule has 2 atom stereocenters. The third kappa shape index (κ3) is 4.94. The quantitative estimate of drug-likeness (QED) is 0.597. The molecule has 0 saturated carbocycles. The van der Waals surface area contributed by atoms with E-state index in [1.165, 1.54) is 5.56 Å². The van der Waals surface area contributed by atoms with Gasteiger partial charge in [-0.1, -0.05) is 42.5 Å². The van der Waals surface area contributed by atoms with E-state index in [9.17, 15) is 4.79 Å². The van der Waals surface area contributed by atoms with E-state index in [1.807, 2.05) is 35.2 Å². The first kappa shape index (κ1) is 24.5. The Bertz CT molecular complexity index is 966. The van der Waals surface area contributed by atoms with E-state index < -0.39 is 0 Å².